The summed E-state index contributed by atoms with van der Waals surface area (Å²) in [5.74, 6) is 0. The Labute approximate surface area is 144 Å². The van der Waals surface area contributed by atoms with Gasteiger partial charge in [0, 0.05) is 29.8 Å². The van der Waals surface area contributed by atoms with Crippen molar-refractivity contribution in [3.8, 4) is 11.1 Å². The largest absolute Gasteiger partial charge is 0.371 e. The van der Waals surface area contributed by atoms with Crippen LogP contribution in [-0.4, -0.2) is 38.1 Å². The highest BCUT2D eigenvalue weighted by molar-refractivity contribution is 6.30. The molecule has 3 heteroatoms. The second-order valence-corrected chi connectivity index (χ2v) is 6.97. The summed E-state index contributed by atoms with van der Waals surface area (Å²) in [5.41, 5.74) is 4.61. The molecule has 0 saturated carbocycles. The lowest BCUT2D eigenvalue weighted by atomic mass is 9.98. The predicted molar refractivity (Wildman–Crippen MR) is 100 cm³/mol. The first-order valence-corrected chi connectivity index (χ1v) is 8.56. The van der Waals surface area contributed by atoms with Crippen molar-refractivity contribution in [1.82, 2.24) is 4.90 Å². The molecule has 0 amide bonds. The lowest BCUT2D eigenvalue weighted by Gasteiger charge is -2.36. The molecule has 1 heterocycles. The Kier molecular flexibility index (Phi) is 4.93. The normalized spacial score (nSPS) is 16.1. The van der Waals surface area contributed by atoms with E-state index in [0.29, 0.717) is 6.04 Å². The minimum Gasteiger partial charge on any atom is -0.371 e. The van der Waals surface area contributed by atoms with Gasteiger partial charge < -0.3 is 9.80 Å². The molecule has 2 nitrogen and oxygen atoms in total. The van der Waals surface area contributed by atoms with Gasteiger partial charge >= 0.3 is 0 Å². The lowest BCUT2D eigenvalue weighted by molar-refractivity contribution is 0.249. The Morgan fingerprint density at radius 2 is 1.83 bits per heavy atom. The Morgan fingerprint density at radius 1 is 1.09 bits per heavy atom. The molecule has 121 valence electrons. The number of nitrogens with zero attached hydrogens (tertiary/aromatic N) is 2. The van der Waals surface area contributed by atoms with Gasteiger partial charge in [-0.3, -0.25) is 0 Å². The standard InChI is InChI=1S/C20H24ClN2/c1-15-13-19(23-11-9-18(10-12-23)22(2)3)7-8-20(15)16-5-4-6-17(21)14-16/h4-8,13-14,18H,1,9-12H2,2-3H3. The van der Waals surface area contributed by atoms with Crippen LogP contribution in [-0.2, 0) is 0 Å². The first kappa shape index (κ1) is 16.4. The van der Waals surface area contributed by atoms with E-state index in [1.165, 1.54) is 18.5 Å². The molecule has 3 rings (SSSR count). The van der Waals surface area contributed by atoms with Gasteiger partial charge in [-0.25, -0.2) is 0 Å². The van der Waals surface area contributed by atoms with E-state index in [0.717, 1.165) is 34.8 Å². The molecule has 2 aromatic rings. The summed E-state index contributed by atoms with van der Waals surface area (Å²) in [5, 5.41) is 0.761. The summed E-state index contributed by atoms with van der Waals surface area (Å²) in [6.45, 7) is 6.47. The fraction of sp³-hybridized carbons (Fsp3) is 0.350. The average molecular weight is 328 g/mol. The number of halogens is 1. The minimum absolute atomic E-state index is 0.705. The van der Waals surface area contributed by atoms with Crippen molar-refractivity contribution in [2.24, 2.45) is 0 Å². The average Bonchev–Trinajstić information content (AvgIpc) is 2.55. The third-order valence-corrected chi connectivity index (χ3v) is 5.02. The fourth-order valence-corrected chi connectivity index (χ4v) is 3.55. The van der Waals surface area contributed by atoms with Gasteiger partial charge in [0.05, 0.1) is 0 Å². The first-order chi connectivity index (χ1) is 11.0. The molecule has 0 bridgehead atoms. The van der Waals surface area contributed by atoms with E-state index in [1.54, 1.807) is 0 Å². The van der Waals surface area contributed by atoms with E-state index in [9.17, 15) is 0 Å². The van der Waals surface area contributed by atoms with Gasteiger partial charge in [-0.15, -0.1) is 0 Å². The van der Waals surface area contributed by atoms with Gasteiger partial charge in [0.15, 0.2) is 0 Å². The Balaban J connectivity index is 1.78. The van der Waals surface area contributed by atoms with Crippen molar-refractivity contribution in [2.75, 3.05) is 32.1 Å². The van der Waals surface area contributed by atoms with E-state index in [-0.39, 0.29) is 0 Å². The summed E-state index contributed by atoms with van der Waals surface area (Å²) >= 11 is 6.11. The van der Waals surface area contributed by atoms with Crippen LogP contribution in [0.3, 0.4) is 0 Å². The Hall–Kier alpha value is -1.51. The van der Waals surface area contributed by atoms with Gasteiger partial charge in [0.25, 0.3) is 0 Å². The lowest BCUT2D eigenvalue weighted by Crippen LogP contribution is -2.42. The zero-order valence-electron chi connectivity index (χ0n) is 13.9. The molecule has 0 N–H and O–H groups in total. The van der Waals surface area contributed by atoms with Crippen LogP contribution in [0.4, 0.5) is 5.69 Å². The highest BCUT2D eigenvalue weighted by Gasteiger charge is 2.21. The second kappa shape index (κ2) is 6.94. The molecule has 23 heavy (non-hydrogen) atoms. The smallest absolute Gasteiger partial charge is 0.0412 e. The van der Waals surface area contributed by atoms with Crippen molar-refractivity contribution in [3.05, 3.63) is 60.0 Å². The molecule has 0 aliphatic carbocycles. The van der Waals surface area contributed by atoms with Crippen LogP contribution in [0.25, 0.3) is 11.1 Å². The third kappa shape index (κ3) is 3.70. The van der Waals surface area contributed by atoms with Crippen LogP contribution < -0.4 is 4.90 Å². The zero-order chi connectivity index (χ0) is 16.4. The summed E-state index contributed by atoms with van der Waals surface area (Å²) < 4.78 is 0. The van der Waals surface area contributed by atoms with Crippen molar-refractivity contribution in [2.45, 2.75) is 18.9 Å². The number of hydrogen-bond donors (Lipinski definition) is 0. The van der Waals surface area contributed by atoms with Crippen LogP contribution in [0, 0.1) is 6.92 Å². The maximum absolute atomic E-state index is 6.11. The van der Waals surface area contributed by atoms with Crippen molar-refractivity contribution in [1.29, 1.82) is 0 Å². The van der Waals surface area contributed by atoms with Gasteiger partial charge in [-0.05, 0) is 74.8 Å². The summed E-state index contributed by atoms with van der Waals surface area (Å²) in [6, 6.07) is 15.2. The number of piperidine rings is 1. The summed E-state index contributed by atoms with van der Waals surface area (Å²) in [7, 11) is 4.35. The van der Waals surface area contributed by atoms with Crippen LogP contribution in [0.2, 0.25) is 5.02 Å². The molecule has 1 fully saturated rings. The highest BCUT2D eigenvalue weighted by Crippen LogP contribution is 2.30. The quantitative estimate of drug-likeness (QED) is 0.804. The molecule has 0 atom stereocenters. The van der Waals surface area contributed by atoms with E-state index in [1.807, 2.05) is 18.2 Å². The molecule has 0 spiro atoms. The fourth-order valence-electron chi connectivity index (χ4n) is 3.35. The number of hydrogen-bond acceptors (Lipinski definition) is 2. The number of anilines is 1. The first-order valence-electron chi connectivity index (χ1n) is 8.18. The number of benzene rings is 2. The van der Waals surface area contributed by atoms with Crippen molar-refractivity contribution >= 4 is 17.3 Å². The van der Waals surface area contributed by atoms with Gasteiger partial charge in [0.1, 0.15) is 0 Å². The second-order valence-electron chi connectivity index (χ2n) is 6.53. The Bertz CT molecular complexity index is 673. The molecule has 0 unspecified atom stereocenters. The Morgan fingerprint density at radius 3 is 2.43 bits per heavy atom. The van der Waals surface area contributed by atoms with Crippen LogP contribution in [0.5, 0.6) is 0 Å². The summed E-state index contributed by atoms with van der Waals surface area (Å²) in [4.78, 5) is 4.81. The molecular weight excluding hydrogens is 304 g/mol. The van der Waals surface area contributed by atoms with Gasteiger partial charge in [-0.2, -0.15) is 0 Å². The molecule has 2 aromatic carbocycles. The van der Waals surface area contributed by atoms with Crippen molar-refractivity contribution in [3.63, 3.8) is 0 Å². The van der Waals surface area contributed by atoms with E-state index in [4.69, 9.17) is 11.6 Å². The van der Waals surface area contributed by atoms with Crippen LogP contribution in [0.15, 0.2) is 42.5 Å². The predicted octanol–water partition coefficient (Wildman–Crippen LogP) is 4.72. The molecule has 1 aliphatic rings. The molecule has 1 radical (unpaired) electrons. The SMILES string of the molecule is [CH2]c1cc(N2CCC(N(C)C)CC2)ccc1-c1cccc(Cl)c1. The maximum Gasteiger partial charge on any atom is 0.0412 e. The van der Waals surface area contributed by atoms with Crippen molar-refractivity contribution < 1.29 is 0 Å². The monoisotopic (exact) mass is 327 g/mol. The van der Waals surface area contributed by atoms with E-state index in [2.05, 4.69) is 55.1 Å². The van der Waals surface area contributed by atoms with E-state index >= 15 is 0 Å². The van der Waals surface area contributed by atoms with Crippen LogP contribution >= 0.6 is 11.6 Å². The highest BCUT2D eigenvalue weighted by atomic mass is 35.5. The van der Waals surface area contributed by atoms with Gasteiger partial charge in [-0.1, -0.05) is 29.8 Å². The minimum atomic E-state index is 0.705. The zero-order valence-corrected chi connectivity index (χ0v) is 14.7. The molecule has 0 aromatic heterocycles. The maximum atomic E-state index is 6.11. The van der Waals surface area contributed by atoms with Gasteiger partial charge in [0.2, 0.25) is 0 Å². The third-order valence-electron chi connectivity index (χ3n) is 4.78. The van der Waals surface area contributed by atoms with Crippen LogP contribution in [0.1, 0.15) is 18.4 Å². The molecular formula is C20H24ClN2. The molecule has 1 aliphatic heterocycles. The topological polar surface area (TPSA) is 6.48 Å². The van der Waals surface area contributed by atoms with E-state index < -0.39 is 0 Å². The molecule has 1 saturated heterocycles. The summed E-state index contributed by atoms with van der Waals surface area (Å²) in [6.07, 6.45) is 2.44. The number of rotatable bonds is 3.